The van der Waals surface area contributed by atoms with Gasteiger partial charge >= 0.3 is 0 Å². The Morgan fingerprint density at radius 3 is 2.19 bits per heavy atom. The van der Waals surface area contributed by atoms with Crippen molar-refractivity contribution in [3.63, 3.8) is 0 Å². The first-order valence-electron chi connectivity index (χ1n) is 11.1. The van der Waals surface area contributed by atoms with E-state index in [0.717, 1.165) is 5.92 Å². The van der Waals surface area contributed by atoms with Crippen molar-refractivity contribution in [2.45, 2.75) is 90.4 Å². The Bertz CT molecular complexity index is 479. The lowest BCUT2D eigenvalue weighted by atomic mass is 9.79. The summed E-state index contributed by atoms with van der Waals surface area (Å²) >= 11 is 0. The molecule has 0 heterocycles. The van der Waals surface area contributed by atoms with Gasteiger partial charge in [-0.1, -0.05) is 69.0 Å². The molecule has 1 fully saturated rings. The maximum Gasteiger partial charge on any atom is 0.0928 e. The van der Waals surface area contributed by atoms with Crippen LogP contribution in [0.25, 0.3) is 0 Å². The highest BCUT2D eigenvalue weighted by Crippen LogP contribution is 2.32. The van der Waals surface area contributed by atoms with E-state index in [9.17, 15) is 4.39 Å². The second kappa shape index (κ2) is 13.1. The first-order valence-corrected chi connectivity index (χ1v) is 11.1. The molecular formula is C25H39F. The van der Waals surface area contributed by atoms with Gasteiger partial charge in [0.2, 0.25) is 0 Å². The lowest BCUT2D eigenvalue weighted by Gasteiger charge is -2.26. The molecule has 0 radical (unpaired) electrons. The number of halogens is 1. The van der Waals surface area contributed by atoms with Crippen LogP contribution in [0.3, 0.4) is 0 Å². The van der Waals surface area contributed by atoms with E-state index >= 15 is 0 Å². The van der Waals surface area contributed by atoms with Gasteiger partial charge in [-0.05, 0) is 80.8 Å². The van der Waals surface area contributed by atoms with Crippen LogP contribution in [0.5, 0.6) is 0 Å². The summed E-state index contributed by atoms with van der Waals surface area (Å²) in [5, 5.41) is 0. The molecule has 1 aromatic rings. The molecule has 1 aromatic carbocycles. The van der Waals surface area contributed by atoms with Crippen molar-refractivity contribution in [3.05, 3.63) is 47.5 Å². The van der Waals surface area contributed by atoms with E-state index in [2.05, 4.69) is 37.3 Å². The maximum atomic E-state index is 12.2. The Labute approximate surface area is 161 Å². The molecule has 1 saturated carbocycles. The lowest BCUT2D eigenvalue weighted by molar-refractivity contribution is 0.296. The average Bonchev–Trinajstić information content (AvgIpc) is 2.68. The van der Waals surface area contributed by atoms with Crippen molar-refractivity contribution < 1.29 is 4.39 Å². The quantitative estimate of drug-likeness (QED) is 0.263. The number of hydrogen-bond acceptors (Lipinski definition) is 0. The largest absolute Gasteiger partial charge is 0.251 e. The molecule has 0 amide bonds. The third kappa shape index (κ3) is 8.52. The number of benzene rings is 1. The van der Waals surface area contributed by atoms with Gasteiger partial charge in [0.1, 0.15) is 0 Å². The molecule has 0 aromatic heterocycles. The average molecular weight is 359 g/mol. The number of allylic oxidation sites excluding steroid dienone is 2. The molecule has 146 valence electrons. The van der Waals surface area contributed by atoms with Crippen molar-refractivity contribution in [2.24, 2.45) is 11.8 Å². The van der Waals surface area contributed by atoms with Gasteiger partial charge < -0.3 is 0 Å². The molecule has 2 rings (SSSR count). The molecule has 0 aliphatic heterocycles. The van der Waals surface area contributed by atoms with Crippen LogP contribution in [0, 0.1) is 11.8 Å². The van der Waals surface area contributed by atoms with Crippen LogP contribution in [0.1, 0.15) is 88.7 Å². The standard InChI is InChI=1S/C25H39F/c1-2-3-4-5-6-9-22-11-15-24(16-12-22)19-20-25-17-13-23(14-18-25)10-7-8-21-26/h7,10-12,15-16,23,25H,2-6,8-9,13-14,17-21H2,1H3. The van der Waals surface area contributed by atoms with Crippen LogP contribution in [-0.4, -0.2) is 6.67 Å². The Kier molecular flexibility index (Phi) is 10.7. The van der Waals surface area contributed by atoms with E-state index in [0.29, 0.717) is 12.3 Å². The monoisotopic (exact) mass is 358 g/mol. The van der Waals surface area contributed by atoms with E-state index in [4.69, 9.17) is 0 Å². The van der Waals surface area contributed by atoms with Crippen molar-refractivity contribution in [2.75, 3.05) is 6.67 Å². The van der Waals surface area contributed by atoms with Crippen molar-refractivity contribution >= 4 is 0 Å². The second-order valence-corrected chi connectivity index (χ2v) is 8.21. The van der Waals surface area contributed by atoms with Gasteiger partial charge in [-0.15, -0.1) is 0 Å². The van der Waals surface area contributed by atoms with Crippen LogP contribution < -0.4 is 0 Å². The molecule has 0 saturated heterocycles. The fourth-order valence-corrected chi connectivity index (χ4v) is 4.20. The van der Waals surface area contributed by atoms with Crippen molar-refractivity contribution in [1.82, 2.24) is 0 Å². The smallest absolute Gasteiger partial charge is 0.0928 e. The van der Waals surface area contributed by atoms with E-state index in [1.165, 1.54) is 88.2 Å². The Morgan fingerprint density at radius 2 is 1.54 bits per heavy atom. The summed E-state index contributed by atoms with van der Waals surface area (Å²) in [6.07, 6.45) is 20.8. The van der Waals surface area contributed by atoms with Crippen LogP contribution in [0.2, 0.25) is 0 Å². The summed E-state index contributed by atoms with van der Waals surface area (Å²) < 4.78 is 12.2. The number of aryl methyl sites for hydroxylation is 2. The molecule has 0 bridgehead atoms. The Balaban J connectivity index is 1.61. The van der Waals surface area contributed by atoms with Gasteiger partial charge in [-0.2, -0.15) is 0 Å². The minimum Gasteiger partial charge on any atom is -0.251 e. The molecule has 26 heavy (non-hydrogen) atoms. The number of unbranched alkanes of at least 4 members (excludes halogenated alkanes) is 4. The normalized spacial score (nSPS) is 20.7. The maximum absolute atomic E-state index is 12.2. The van der Waals surface area contributed by atoms with Crippen LogP contribution in [0.15, 0.2) is 36.4 Å². The fourth-order valence-electron chi connectivity index (χ4n) is 4.20. The zero-order chi connectivity index (χ0) is 18.5. The Morgan fingerprint density at radius 1 is 0.885 bits per heavy atom. The van der Waals surface area contributed by atoms with Gasteiger partial charge in [0.25, 0.3) is 0 Å². The number of alkyl halides is 1. The fraction of sp³-hybridized carbons (Fsp3) is 0.680. The van der Waals surface area contributed by atoms with Gasteiger partial charge in [0.15, 0.2) is 0 Å². The third-order valence-electron chi connectivity index (χ3n) is 6.01. The van der Waals surface area contributed by atoms with E-state index < -0.39 is 0 Å². The molecule has 0 spiro atoms. The van der Waals surface area contributed by atoms with E-state index in [-0.39, 0.29) is 6.67 Å². The minimum atomic E-state index is -0.219. The summed E-state index contributed by atoms with van der Waals surface area (Å²) in [6, 6.07) is 9.41. The van der Waals surface area contributed by atoms with Crippen LogP contribution >= 0.6 is 0 Å². The second-order valence-electron chi connectivity index (χ2n) is 8.21. The molecule has 0 N–H and O–H groups in total. The first kappa shape index (κ1) is 21.2. The summed E-state index contributed by atoms with van der Waals surface area (Å²) in [5.74, 6) is 1.59. The van der Waals surface area contributed by atoms with Gasteiger partial charge in [0, 0.05) is 0 Å². The molecule has 0 nitrogen and oxygen atoms in total. The van der Waals surface area contributed by atoms with E-state index in [1.54, 1.807) is 0 Å². The molecule has 1 heteroatoms. The SMILES string of the molecule is CCCCCCCc1ccc(CCC2CCC(C=CCCF)CC2)cc1. The summed E-state index contributed by atoms with van der Waals surface area (Å²) in [4.78, 5) is 0. The highest BCUT2D eigenvalue weighted by Gasteiger charge is 2.19. The van der Waals surface area contributed by atoms with Crippen LogP contribution in [0.4, 0.5) is 4.39 Å². The van der Waals surface area contributed by atoms with Crippen molar-refractivity contribution in [3.8, 4) is 0 Å². The van der Waals surface area contributed by atoms with E-state index in [1.807, 2.05) is 6.08 Å². The summed E-state index contributed by atoms with van der Waals surface area (Å²) in [7, 11) is 0. The molecule has 0 unspecified atom stereocenters. The third-order valence-corrected chi connectivity index (χ3v) is 6.01. The van der Waals surface area contributed by atoms with Gasteiger partial charge in [-0.3, -0.25) is 4.39 Å². The highest BCUT2D eigenvalue weighted by atomic mass is 19.1. The minimum absolute atomic E-state index is 0.219. The first-order chi connectivity index (χ1) is 12.8. The zero-order valence-electron chi connectivity index (χ0n) is 16.9. The molecule has 0 atom stereocenters. The van der Waals surface area contributed by atoms with Crippen LogP contribution in [-0.2, 0) is 12.8 Å². The predicted octanol–water partition coefficient (Wildman–Crippen LogP) is 7.85. The highest BCUT2D eigenvalue weighted by molar-refractivity contribution is 5.22. The predicted molar refractivity (Wildman–Crippen MR) is 112 cm³/mol. The molecule has 1 aliphatic rings. The zero-order valence-corrected chi connectivity index (χ0v) is 16.9. The van der Waals surface area contributed by atoms with Crippen molar-refractivity contribution in [1.29, 1.82) is 0 Å². The van der Waals surface area contributed by atoms with Gasteiger partial charge in [0.05, 0.1) is 6.67 Å². The lowest BCUT2D eigenvalue weighted by Crippen LogP contribution is -2.13. The summed E-state index contributed by atoms with van der Waals surface area (Å²) in [6.45, 7) is 2.06. The Hall–Kier alpha value is -1.11. The van der Waals surface area contributed by atoms with Gasteiger partial charge in [-0.25, -0.2) is 0 Å². The molecular weight excluding hydrogens is 319 g/mol. The molecule has 1 aliphatic carbocycles. The number of rotatable bonds is 12. The number of hydrogen-bond donors (Lipinski definition) is 0. The topological polar surface area (TPSA) is 0 Å². The summed E-state index contributed by atoms with van der Waals surface area (Å²) in [5.41, 5.74) is 3.01.